The van der Waals surface area contributed by atoms with Gasteiger partial charge in [0.2, 0.25) is 5.75 Å². The normalized spacial score (nSPS) is 10.4. The van der Waals surface area contributed by atoms with Crippen LogP contribution in [0.25, 0.3) is 31.3 Å². The van der Waals surface area contributed by atoms with Gasteiger partial charge in [0.05, 0.1) is 79.3 Å². The zero-order chi connectivity index (χ0) is 40.3. The molecule has 0 aliphatic heterocycles. The monoisotopic (exact) mass is 788 g/mol. The summed E-state index contributed by atoms with van der Waals surface area (Å²) in [6.07, 6.45) is 0. The van der Waals surface area contributed by atoms with Crippen LogP contribution < -0.4 is 19.5 Å². The van der Waals surface area contributed by atoms with Crippen molar-refractivity contribution in [3.05, 3.63) is 84.4 Å². The molecule has 0 unspecified atom stereocenters. The second-order valence-corrected chi connectivity index (χ2v) is 10.8. The number of Topliss-reactive ketones (excluding diaryl/α,β-unsaturated/α-hetero) is 1. The molecule has 0 atom stereocenters. The molecule has 0 saturated heterocycles. The Morgan fingerprint density at radius 1 is 0.554 bits per heavy atom. The maximum absolute atomic E-state index is 13.4. The molecule has 0 fully saturated rings. The Bertz CT molecular complexity index is 1510. The number of carbonyl (C=O) groups excluding carboxylic acids is 2. The van der Waals surface area contributed by atoms with Crippen molar-refractivity contribution in [3.8, 4) is 17.2 Å². The summed E-state index contributed by atoms with van der Waals surface area (Å²) in [4.78, 5) is 33.2. The molecule has 0 saturated carbocycles. The van der Waals surface area contributed by atoms with E-state index in [9.17, 15) is 9.59 Å². The number of benzene rings is 2. The van der Waals surface area contributed by atoms with E-state index < -0.39 is 18.3 Å². The lowest BCUT2D eigenvalue weighted by molar-refractivity contribution is 0.0331. The number of rotatable bonds is 35. The first-order valence-electron chi connectivity index (χ1n) is 17.6. The Balaban J connectivity index is 2.15. The van der Waals surface area contributed by atoms with Gasteiger partial charge in [-0.25, -0.2) is 0 Å². The number of hydrogen-bond acceptors (Lipinski definition) is 15. The molecule has 0 bridgehead atoms. The van der Waals surface area contributed by atoms with Crippen LogP contribution in [0.15, 0.2) is 51.7 Å². The van der Waals surface area contributed by atoms with Gasteiger partial charge >= 0.3 is 0 Å². The Morgan fingerprint density at radius 2 is 0.946 bits per heavy atom. The van der Waals surface area contributed by atoms with Crippen LogP contribution in [0.1, 0.15) is 26.3 Å². The van der Waals surface area contributed by atoms with Crippen LogP contribution in [0, 0.1) is 0 Å². The summed E-state index contributed by atoms with van der Waals surface area (Å²) in [5.41, 5.74) is 26.3. The predicted molar refractivity (Wildman–Crippen MR) is 199 cm³/mol. The maximum atomic E-state index is 13.4. The quantitative estimate of drug-likeness (QED) is 0.0330. The molecule has 2 rings (SSSR count). The first-order chi connectivity index (χ1) is 27.5. The van der Waals surface area contributed by atoms with Crippen molar-refractivity contribution in [2.75, 3.05) is 125 Å². The highest BCUT2D eigenvalue weighted by atomic mass is 16.6. The van der Waals surface area contributed by atoms with E-state index in [0.29, 0.717) is 5.56 Å². The van der Waals surface area contributed by atoms with E-state index in [1.165, 1.54) is 12.1 Å². The molecule has 22 nitrogen and oxygen atoms in total. The average Bonchev–Trinajstić information content (AvgIpc) is 3.22. The standard InChI is InChI=1S/C34H48N10O12/c35-42-39-5-8-48-11-14-51-17-20-54-31-23-29(34(47)38-25-27-1-3-28(4-2-27)30(46)26-45)24-32(55-21-18-52-15-12-49-9-6-40-43-36)33(31)56-22-19-53-16-13-50-10-7-41-44-37/h1-4,23-24,45H,5-22,25-26H2,(H,38,47). The Labute approximate surface area is 323 Å². The van der Waals surface area contributed by atoms with Gasteiger partial charge in [-0.2, -0.15) is 0 Å². The van der Waals surface area contributed by atoms with Crippen LogP contribution in [0.4, 0.5) is 0 Å². The van der Waals surface area contributed by atoms with Gasteiger partial charge < -0.3 is 53.1 Å². The first kappa shape index (κ1) is 46.8. The van der Waals surface area contributed by atoms with Crippen molar-refractivity contribution in [1.82, 2.24) is 5.32 Å². The number of azide groups is 3. The molecule has 0 spiro atoms. The first-order valence-corrected chi connectivity index (χ1v) is 17.6. The molecule has 0 aromatic heterocycles. The summed E-state index contributed by atoms with van der Waals surface area (Å²) >= 11 is 0. The molecule has 2 N–H and O–H groups in total. The largest absolute Gasteiger partial charge is 0.487 e. The summed E-state index contributed by atoms with van der Waals surface area (Å²) in [6, 6.07) is 9.53. The predicted octanol–water partition coefficient (Wildman–Crippen LogP) is 3.96. The van der Waals surface area contributed by atoms with Gasteiger partial charge in [-0.1, -0.05) is 39.6 Å². The summed E-state index contributed by atoms with van der Waals surface area (Å²) in [5.74, 6) is -0.255. The summed E-state index contributed by atoms with van der Waals surface area (Å²) < 4.78 is 51.0. The van der Waals surface area contributed by atoms with E-state index in [-0.39, 0.29) is 148 Å². The number of ether oxygens (including phenoxy) is 9. The van der Waals surface area contributed by atoms with Crippen molar-refractivity contribution in [2.24, 2.45) is 15.3 Å². The van der Waals surface area contributed by atoms with Crippen LogP contribution in [0.2, 0.25) is 0 Å². The lowest BCUT2D eigenvalue weighted by Crippen LogP contribution is -2.23. The molecular weight excluding hydrogens is 740 g/mol. The van der Waals surface area contributed by atoms with E-state index in [1.54, 1.807) is 24.3 Å². The Kier molecular flexibility index (Phi) is 26.7. The van der Waals surface area contributed by atoms with Gasteiger partial charge in [0.1, 0.15) is 26.4 Å². The number of hydrogen-bond donors (Lipinski definition) is 2. The highest BCUT2D eigenvalue weighted by Gasteiger charge is 2.20. The average molecular weight is 789 g/mol. The lowest BCUT2D eigenvalue weighted by atomic mass is 10.1. The second-order valence-electron chi connectivity index (χ2n) is 10.8. The third-order valence-electron chi connectivity index (χ3n) is 6.91. The topological polar surface area (TPSA) is 296 Å². The molecule has 1 amide bonds. The van der Waals surface area contributed by atoms with E-state index >= 15 is 0 Å². The number of carbonyl (C=O) groups is 2. The van der Waals surface area contributed by atoms with E-state index in [2.05, 4.69) is 35.4 Å². The fraction of sp³-hybridized carbons (Fsp3) is 0.588. The Morgan fingerprint density at radius 3 is 1.36 bits per heavy atom. The number of nitrogens with one attached hydrogen (secondary N) is 1. The maximum Gasteiger partial charge on any atom is 0.251 e. The van der Waals surface area contributed by atoms with E-state index in [0.717, 1.165) is 5.56 Å². The third kappa shape index (κ3) is 21.5. The summed E-state index contributed by atoms with van der Waals surface area (Å²) in [6.45, 7) is 3.39. The molecule has 0 radical (unpaired) electrons. The highest BCUT2D eigenvalue weighted by molar-refractivity contribution is 5.97. The summed E-state index contributed by atoms with van der Waals surface area (Å²) in [7, 11) is 0. The van der Waals surface area contributed by atoms with Gasteiger partial charge in [-0.3, -0.25) is 9.59 Å². The van der Waals surface area contributed by atoms with Gasteiger partial charge in [0.15, 0.2) is 17.3 Å². The van der Waals surface area contributed by atoms with Crippen LogP contribution in [0.3, 0.4) is 0 Å². The van der Waals surface area contributed by atoms with Gasteiger partial charge in [-0.15, -0.1) is 0 Å². The van der Waals surface area contributed by atoms with Crippen molar-refractivity contribution >= 4 is 11.7 Å². The number of aliphatic hydroxyl groups excluding tert-OH is 1. The second kappa shape index (κ2) is 31.9. The van der Waals surface area contributed by atoms with E-state index in [1.807, 2.05) is 0 Å². The molecule has 22 heteroatoms. The van der Waals surface area contributed by atoms with Gasteiger partial charge in [0.25, 0.3) is 5.91 Å². The number of nitrogens with zero attached hydrogens (tertiary/aromatic N) is 9. The third-order valence-corrected chi connectivity index (χ3v) is 6.91. The number of ketones is 1. The van der Waals surface area contributed by atoms with Gasteiger partial charge in [0, 0.05) is 52.0 Å². The SMILES string of the molecule is [N-]=[N+]=NCCOCCOCCOc1cc(C(=O)NCc2ccc(C(=O)CO)cc2)cc(OCCOCCOCCN=[N+]=[N-])c1OCCOCCOCCN=[N+]=[N-]. The van der Waals surface area contributed by atoms with Crippen LogP contribution in [-0.2, 0) is 35.0 Å². The molecule has 2 aromatic carbocycles. The molecule has 56 heavy (non-hydrogen) atoms. The Hall–Kier alpha value is -5.37. The van der Waals surface area contributed by atoms with Crippen molar-refractivity contribution in [1.29, 1.82) is 0 Å². The molecule has 0 aliphatic rings. The minimum absolute atomic E-state index is 0.0744. The molecule has 0 heterocycles. The highest BCUT2D eigenvalue weighted by Crippen LogP contribution is 2.39. The molecular formula is C34H48N10O12. The van der Waals surface area contributed by atoms with Crippen LogP contribution >= 0.6 is 0 Å². The van der Waals surface area contributed by atoms with Crippen molar-refractivity contribution < 1.29 is 57.3 Å². The zero-order valence-electron chi connectivity index (χ0n) is 31.1. The number of amides is 1. The smallest absolute Gasteiger partial charge is 0.251 e. The number of aliphatic hydroxyl groups is 1. The van der Waals surface area contributed by atoms with Gasteiger partial charge in [-0.05, 0) is 34.3 Å². The summed E-state index contributed by atoms with van der Waals surface area (Å²) in [5, 5.41) is 22.2. The van der Waals surface area contributed by atoms with Crippen molar-refractivity contribution in [3.63, 3.8) is 0 Å². The zero-order valence-corrected chi connectivity index (χ0v) is 31.1. The fourth-order valence-corrected chi connectivity index (χ4v) is 4.29. The van der Waals surface area contributed by atoms with Crippen LogP contribution in [-0.4, -0.2) is 142 Å². The molecule has 2 aromatic rings. The minimum Gasteiger partial charge on any atom is -0.487 e. The molecule has 306 valence electrons. The van der Waals surface area contributed by atoms with E-state index in [4.69, 9.17) is 64.3 Å². The molecule has 0 aliphatic carbocycles. The lowest BCUT2D eigenvalue weighted by Gasteiger charge is -2.19. The van der Waals surface area contributed by atoms with Crippen molar-refractivity contribution in [2.45, 2.75) is 6.54 Å². The van der Waals surface area contributed by atoms with Crippen LogP contribution in [0.5, 0.6) is 17.2 Å². The fourth-order valence-electron chi connectivity index (χ4n) is 4.29. The minimum atomic E-state index is -0.602.